The van der Waals surface area contributed by atoms with Crippen molar-refractivity contribution < 1.29 is 4.79 Å². The summed E-state index contributed by atoms with van der Waals surface area (Å²) >= 11 is 6.12. The van der Waals surface area contributed by atoms with Crippen molar-refractivity contribution in [1.82, 2.24) is 15.5 Å². The topological polar surface area (TPSA) is 44.4 Å². The van der Waals surface area contributed by atoms with Crippen molar-refractivity contribution in [2.75, 3.05) is 32.7 Å². The molecule has 23 heavy (non-hydrogen) atoms. The first-order valence-corrected chi connectivity index (χ1v) is 9.08. The lowest BCUT2D eigenvalue weighted by atomic mass is 9.92. The number of nitrogens with zero attached hydrogens (tertiary/aromatic N) is 1. The van der Waals surface area contributed by atoms with E-state index in [2.05, 4.69) is 16.7 Å². The van der Waals surface area contributed by atoms with E-state index in [9.17, 15) is 4.79 Å². The molecule has 5 heteroatoms. The number of piperazine rings is 1. The molecule has 1 amide bonds. The van der Waals surface area contributed by atoms with Gasteiger partial charge in [0.1, 0.15) is 0 Å². The summed E-state index contributed by atoms with van der Waals surface area (Å²) in [6.07, 6.45) is 4.09. The lowest BCUT2D eigenvalue weighted by Gasteiger charge is -2.37. The molecular weight excluding hydrogens is 310 g/mol. The Morgan fingerprint density at radius 2 is 2.04 bits per heavy atom. The van der Waals surface area contributed by atoms with E-state index in [1.54, 1.807) is 0 Å². The summed E-state index contributed by atoms with van der Waals surface area (Å²) in [6.45, 7) is 4.65. The molecule has 4 nitrogen and oxygen atoms in total. The number of halogens is 1. The third kappa shape index (κ3) is 4.46. The molecule has 2 heterocycles. The van der Waals surface area contributed by atoms with Crippen LogP contribution in [-0.4, -0.2) is 43.5 Å². The lowest BCUT2D eigenvalue weighted by molar-refractivity contribution is -0.134. The predicted octanol–water partition coefficient (Wildman–Crippen LogP) is 2.59. The number of nitrogens with one attached hydrogen (secondary N) is 2. The van der Waals surface area contributed by atoms with Gasteiger partial charge < -0.3 is 15.5 Å². The highest BCUT2D eigenvalue weighted by Crippen LogP contribution is 2.26. The molecule has 0 radical (unpaired) electrons. The second-order valence-electron chi connectivity index (χ2n) is 6.59. The number of amides is 1. The first kappa shape index (κ1) is 16.7. The third-order valence-electron chi connectivity index (χ3n) is 5.02. The van der Waals surface area contributed by atoms with Crippen molar-refractivity contribution in [2.24, 2.45) is 5.92 Å². The van der Waals surface area contributed by atoms with Gasteiger partial charge in [-0.2, -0.15) is 0 Å². The number of piperidine rings is 1. The highest BCUT2D eigenvalue weighted by molar-refractivity contribution is 6.30. The van der Waals surface area contributed by atoms with Crippen LogP contribution in [0.3, 0.4) is 0 Å². The Morgan fingerprint density at radius 3 is 2.83 bits per heavy atom. The fraction of sp³-hybridized carbons (Fsp3) is 0.611. The SMILES string of the molecule is O=C(CCC1CCNCC1)N1CCNCC1c1cccc(Cl)c1. The zero-order valence-electron chi connectivity index (χ0n) is 13.6. The maximum atomic E-state index is 12.8. The fourth-order valence-electron chi connectivity index (χ4n) is 3.66. The van der Waals surface area contributed by atoms with Gasteiger partial charge in [-0.25, -0.2) is 0 Å². The quantitative estimate of drug-likeness (QED) is 0.889. The van der Waals surface area contributed by atoms with Crippen LogP contribution in [-0.2, 0) is 4.79 Å². The van der Waals surface area contributed by atoms with Crippen LogP contribution in [0, 0.1) is 5.92 Å². The van der Waals surface area contributed by atoms with E-state index in [1.165, 1.54) is 12.8 Å². The van der Waals surface area contributed by atoms with Crippen LogP contribution >= 0.6 is 11.6 Å². The van der Waals surface area contributed by atoms with E-state index in [1.807, 2.05) is 23.1 Å². The fourth-order valence-corrected chi connectivity index (χ4v) is 3.85. The molecule has 0 aliphatic carbocycles. The van der Waals surface area contributed by atoms with E-state index < -0.39 is 0 Å². The zero-order chi connectivity index (χ0) is 16.1. The summed E-state index contributed by atoms with van der Waals surface area (Å²) in [7, 11) is 0. The van der Waals surface area contributed by atoms with Crippen molar-refractivity contribution >= 4 is 17.5 Å². The smallest absolute Gasteiger partial charge is 0.223 e. The van der Waals surface area contributed by atoms with Gasteiger partial charge >= 0.3 is 0 Å². The summed E-state index contributed by atoms with van der Waals surface area (Å²) in [6, 6.07) is 7.99. The average molecular weight is 336 g/mol. The molecule has 2 N–H and O–H groups in total. The molecule has 1 aromatic carbocycles. The van der Waals surface area contributed by atoms with Crippen molar-refractivity contribution in [3.05, 3.63) is 34.9 Å². The second-order valence-corrected chi connectivity index (χ2v) is 7.03. The Hall–Kier alpha value is -1.10. The summed E-state index contributed by atoms with van der Waals surface area (Å²) in [5.41, 5.74) is 1.12. The molecule has 0 saturated carbocycles. The number of benzene rings is 1. The van der Waals surface area contributed by atoms with Gasteiger partial charge in [0.25, 0.3) is 0 Å². The highest BCUT2D eigenvalue weighted by atomic mass is 35.5. The lowest BCUT2D eigenvalue weighted by Crippen LogP contribution is -2.48. The van der Waals surface area contributed by atoms with Gasteiger partial charge in [0.15, 0.2) is 0 Å². The van der Waals surface area contributed by atoms with Crippen LogP contribution < -0.4 is 10.6 Å². The Labute approximate surface area is 143 Å². The van der Waals surface area contributed by atoms with Gasteiger partial charge in [-0.15, -0.1) is 0 Å². The molecule has 2 saturated heterocycles. The molecule has 2 aliphatic rings. The van der Waals surface area contributed by atoms with Crippen molar-refractivity contribution in [1.29, 1.82) is 0 Å². The number of carbonyl (C=O) groups excluding carboxylic acids is 1. The van der Waals surface area contributed by atoms with Crippen LogP contribution in [0.25, 0.3) is 0 Å². The van der Waals surface area contributed by atoms with E-state index in [4.69, 9.17) is 11.6 Å². The van der Waals surface area contributed by atoms with Gasteiger partial charge in [-0.1, -0.05) is 23.7 Å². The first-order valence-electron chi connectivity index (χ1n) is 8.70. The van der Waals surface area contributed by atoms with Gasteiger partial charge in [-0.3, -0.25) is 4.79 Å². The van der Waals surface area contributed by atoms with Crippen molar-refractivity contribution in [3.8, 4) is 0 Å². The van der Waals surface area contributed by atoms with Crippen molar-refractivity contribution in [2.45, 2.75) is 31.7 Å². The molecule has 2 aliphatic heterocycles. The number of hydrogen-bond acceptors (Lipinski definition) is 3. The van der Waals surface area contributed by atoms with E-state index >= 15 is 0 Å². The standard InChI is InChI=1S/C18H26ClN3O/c19-16-3-1-2-15(12-16)17-13-21-10-11-22(17)18(23)5-4-14-6-8-20-9-7-14/h1-3,12,14,17,20-21H,4-11,13H2. The van der Waals surface area contributed by atoms with E-state index in [-0.39, 0.29) is 11.9 Å². The highest BCUT2D eigenvalue weighted by Gasteiger charge is 2.28. The summed E-state index contributed by atoms with van der Waals surface area (Å²) in [4.78, 5) is 14.8. The van der Waals surface area contributed by atoms with E-state index in [0.29, 0.717) is 12.3 Å². The van der Waals surface area contributed by atoms with Crippen LogP contribution in [0.5, 0.6) is 0 Å². The number of hydrogen-bond donors (Lipinski definition) is 2. The number of carbonyl (C=O) groups is 1. The second kappa shape index (κ2) is 8.13. The molecule has 1 atom stereocenters. The Balaban J connectivity index is 1.62. The molecule has 1 unspecified atom stereocenters. The van der Waals surface area contributed by atoms with Crippen LogP contribution in [0.4, 0.5) is 0 Å². The molecule has 0 aromatic heterocycles. The number of rotatable bonds is 4. The normalized spacial score (nSPS) is 23.0. The third-order valence-corrected chi connectivity index (χ3v) is 5.26. The van der Waals surface area contributed by atoms with Gasteiger partial charge in [0.2, 0.25) is 5.91 Å². The van der Waals surface area contributed by atoms with Crippen LogP contribution in [0.2, 0.25) is 5.02 Å². The van der Waals surface area contributed by atoms with Crippen molar-refractivity contribution in [3.63, 3.8) is 0 Å². The first-order chi connectivity index (χ1) is 11.2. The minimum atomic E-state index is 0.1000. The largest absolute Gasteiger partial charge is 0.333 e. The zero-order valence-corrected chi connectivity index (χ0v) is 14.3. The molecule has 1 aromatic rings. The molecule has 126 valence electrons. The Bertz CT molecular complexity index is 531. The molecule has 2 fully saturated rings. The predicted molar refractivity (Wildman–Crippen MR) is 93.6 cm³/mol. The maximum absolute atomic E-state index is 12.8. The van der Waals surface area contributed by atoms with Crippen LogP contribution in [0.15, 0.2) is 24.3 Å². The molecule has 0 bridgehead atoms. The van der Waals surface area contributed by atoms with Gasteiger partial charge in [0, 0.05) is 31.1 Å². The Kier molecular flexibility index (Phi) is 5.92. The summed E-state index contributed by atoms with van der Waals surface area (Å²) in [5.74, 6) is 0.989. The van der Waals surface area contributed by atoms with Gasteiger partial charge in [0.05, 0.1) is 6.04 Å². The summed E-state index contributed by atoms with van der Waals surface area (Å²) < 4.78 is 0. The average Bonchev–Trinajstić information content (AvgIpc) is 2.60. The molecule has 3 rings (SSSR count). The maximum Gasteiger partial charge on any atom is 0.223 e. The van der Waals surface area contributed by atoms with Crippen LogP contribution in [0.1, 0.15) is 37.3 Å². The Morgan fingerprint density at radius 1 is 1.22 bits per heavy atom. The molecule has 0 spiro atoms. The van der Waals surface area contributed by atoms with E-state index in [0.717, 1.165) is 49.7 Å². The minimum absolute atomic E-state index is 0.1000. The monoisotopic (exact) mass is 335 g/mol. The molecular formula is C18H26ClN3O. The minimum Gasteiger partial charge on any atom is -0.333 e. The summed E-state index contributed by atoms with van der Waals surface area (Å²) in [5, 5.41) is 7.51. The van der Waals surface area contributed by atoms with Gasteiger partial charge in [-0.05, 0) is 56.0 Å².